The van der Waals surface area contributed by atoms with E-state index in [0.29, 0.717) is 6.04 Å². The lowest BCUT2D eigenvalue weighted by Crippen LogP contribution is -2.40. The van der Waals surface area contributed by atoms with Gasteiger partial charge in [0.05, 0.1) is 0 Å². The van der Waals surface area contributed by atoms with Crippen LogP contribution < -0.4 is 5.32 Å². The van der Waals surface area contributed by atoms with Crippen molar-refractivity contribution in [3.05, 3.63) is 0 Å². The lowest BCUT2D eigenvalue weighted by atomic mass is 9.84. The van der Waals surface area contributed by atoms with Crippen molar-refractivity contribution in [1.82, 2.24) is 5.32 Å². The molecule has 1 fully saturated rings. The fraction of sp³-hybridized carbons (Fsp3) is 1.00. The lowest BCUT2D eigenvalue weighted by molar-refractivity contribution is 0.263. The summed E-state index contributed by atoms with van der Waals surface area (Å²) in [6, 6.07) is 1.44. The van der Waals surface area contributed by atoms with Crippen molar-refractivity contribution in [2.45, 2.75) is 84.2 Å². The molecule has 1 unspecified atom stereocenters. The molecule has 1 saturated carbocycles. The first-order valence-electron chi connectivity index (χ1n) is 7.00. The topological polar surface area (TPSA) is 12.0 Å². The number of unbranched alkanes of at least 4 members (excludes halogenated alkanes) is 1. The molecule has 0 aromatic carbocycles. The Morgan fingerprint density at radius 2 is 1.80 bits per heavy atom. The van der Waals surface area contributed by atoms with Crippen LogP contribution in [0, 0.1) is 5.92 Å². The predicted molar refractivity (Wildman–Crippen MR) is 68.2 cm³/mol. The Hall–Kier alpha value is -0.0400. The highest BCUT2D eigenvalue weighted by Crippen LogP contribution is 2.26. The molecule has 1 aliphatic rings. The summed E-state index contributed by atoms with van der Waals surface area (Å²) < 4.78 is 0. The van der Waals surface area contributed by atoms with Crippen LogP contribution in [-0.4, -0.2) is 12.1 Å². The van der Waals surface area contributed by atoms with Crippen LogP contribution in [-0.2, 0) is 0 Å². The van der Waals surface area contributed by atoms with E-state index in [2.05, 4.69) is 26.1 Å². The Morgan fingerprint density at radius 3 is 2.40 bits per heavy atom. The Balaban J connectivity index is 2.17. The molecule has 1 rings (SSSR count). The summed E-state index contributed by atoms with van der Waals surface area (Å²) in [5.41, 5.74) is 0. The Bertz CT molecular complexity index is 149. The molecule has 0 heterocycles. The maximum Gasteiger partial charge on any atom is 0.00694 e. The van der Waals surface area contributed by atoms with E-state index in [-0.39, 0.29) is 0 Å². The van der Waals surface area contributed by atoms with Gasteiger partial charge in [0.15, 0.2) is 0 Å². The van der Waals surface area contributed by atoms with Crippen molar-refractivity contribution < 1.29 is 0 Å². The van der Waals surface area contributed by atoms with Crippen molar-refractivity contribution in [1.29, 1.82) is 0 Å². The molecule has 0 radical (unpaired) electrons. The van der Waals surface area contributed by atoms with E-state index in [1.807, 2.05) is 0 Å². The maximum absolute atomic E-state index is 3.78. The number of nitrogens with one attached hydrogen (secondary N) is 1. The largest absolute Gasteiger partial charge is 0.312 e. The Morgan fingerprint density at radius 1 is 1.13 bits per heavy atom. The molecule has 2 atom stereocenters. The molecule has 0 spiro atoms. The molecule has 0 aliphatic heterocycles. The average Bonchev–Trinajstić information content (AvgIpc) is 2.27. The fourth-order valence-corrected chi connectivity index (χ4v) is 2.81. The minimum absolute atomic E-state index is 0.710. The van der Waals surface area contributed by atoms with E-state index < -0.39 is 0 Å². The second-order valence-corrected chi connectivity index (χ2v) is 5.40. The van der Waals surface area contributed by atoms with E-state index in [1.54, 1.807) is 0 Å². The van der Waals surface area contributed by atoms with Gasteiger partial charge in [0.2, 0.25) is 0 Å². The van der Waals surface area contributed by atoms with Gasteiger partial charge < -0.3 is 5.32 Å². The van der Waals surface area contributed by atoms with Crippen LogP contribution in [0.3, 0.4) is 0 Å². The smallest absolute Gasteiger partial charge is 0.00694 e. The highest BCUT2D eigenvalue weighted by molar-refractivity contribution is 4.78. The van der Waals surface area contributed by atoms with Crippen LogP contribution in [0.2, 0.25) is 0 Å². The molecule has 1 aliphatic carbocycles. The zero-order chi connectivity index (χ0) is 11.1. The highest BCUT2D eigenvalue weighted by Gasteiger charge is 2.20. The van der Waals surface area contributed by atoms with Crippen molar-refractivity contribution in [2.75, 3.05) is 0 Å². The maximum atomic E-state index is 3.78. The van der Waals surface area contributed by atoms with Crippen molar-refractivity contribution in [2.24, 2.45) is 5.92 Å². The summed E-state index contributed by atoms with van der Waals surface area (Å²) in [5.74, 6) is 0.947. The van der Waals surface area contributed by atoms with Gasteiger partial charge in [-0.25, -0.2) is 0 Å². The van der Waals surface area contributed by atoms with Gasteiger partial charge in [-0.15, -0.1) is 0 Å². The molecule has 0 bridgehead atoms. The first-order chi connectivity index (χ1) is 7.24. The van der Waals surface area contributed by atoms with Crippen molar-refractivity contribution in [3.63, 3.8) is 0 Å². The average molecular weight is 211 g/mol. The van der Waals surface area contributed by atoms with Crippen LogP contribution >= 0.6 is 0 Å². The van der Waals surface area contributed by atoms with Gasteiger partial charge in [-0.2, -0.15) is 0 Å². The van der Waals surface area contributed by atoms with E-state index in [1.165, 1.54) is 51.4 Å². The van der Waals surface area contributed by atoms with Crippen LogP contribution in [0.5, 0.6) is 0 Å². The van der Waals surface area contributed by atoms with Crippen LogP contribution in [0.15, 0.2) is 0 Å². The molecule has 1 N–H and O–H groups in total. The lowest BCUT2D eigenvalue weighted by Gasteiger charge is -2.30. The van der Waals surface area contributed by atoms with Crippen molar-refractivity contribution >= 4 is 0 Å². The summed E-state index contributed by atoms with van der Waals surface area (Å²) in [7, 11) is 0. The summed E-state index contributed by atoms with van der Waals surface area (Å²) in [6.07, 6.45) is 11.3. The van der Waals surface area contributed by atoms with Crippen LogP contribution in [0.4, 0.5) is 0 Å². The third-order valence-corrected chi connectivity index (χ3v) is 3.90. The zero-order valence-corrected chi connectivity index (χ0v) is 10.9. The van der Waals surface area contributed by atoms with E-state index in [0.717, 1.165) is 12.0 Å². The van der Waals surface area contributed by atoms with Gasteiger partial charge in [-0.3, -0.25) is 0 Å². The molecule has 15 heavy (non-hydrogen) atoms. The second kappa shape index (κ2) is 7.27. The molecule has 0 aromatic rings. The third kappa shape index (κ3) is 5.01. The second-order valence-electron chi connectivity index (χ2n) is 5.40. The summed E-state index contributed by atoms with van der Waals surface area (Å²) in [4.78, 5) is 0. The molecular formula is C14H29N. The normalized spacial score (nSPS) is 22.6. The zero-order valence-electron chi connectivity index (χ0n) is 10.9. The minimum Gasteiger partial charge on any atom is -0.312 e. The van der Waals surface area contributed by atoms with Crippen LogP contribution in [0.1, 0.15) is 72.1 Å². The van der Waals surface area contributed by atoms with Gasteiger partial charge in [0.1, 0.15) is 0 Å². The number of hydrogen-bond acceptors (Lipinski definition) is 1. The number of rotatable bonds is 6. The molecule has 0 amide bonds. The van der Waals surface area contributed by atoms with Crippen LogP contribution in [0.25, 0.3) is 0 Å². The minimum atomic E-state index is 0.710. The van der Waals surface area contributed by atoms with E-state index >= 15 is 0 Å². The fourth-order valence-electron chi connectivity index (χ4n) is 2.81. The Kier molecular flexibility index (Phi) is 6.31. The summed E-state index contributed by atoms with van der Waals surface area (Å²) >= 11 is 0. The molecule has 1 heteroatoms. The summed E-state index contributed by atoms with van der Waals surface area (Å²) in [6.45, 7) is 7.00. The predicted octanol–water partition coefficient (Wildman–Crippen LogP) is 4.12. The summed E-state index contributed by atoms with van der Waals surface area (Å²) in [5, 5.41) is 3.78. The van der Waals surface area contributed by atoms with Crippen molar-refractivity contribution in [3.8, 4) is 0 Å². The molecule has 1 nitrogen and oxygen atoms in total. The van der Waals surface area contributed by atoms with Gasteiger partial charge in [-0.1, -0.05) is 39.0 Å². The third-order valence-electron chi connectivity index (χ3n) is 3.90. The van der Waals surface area contributed by atoms with Gasteiger partial charge in [-0.05, 0) is 39.0 Å². The van der Waals surface area contributed by atoms with E-state index in [9.17, 15) is 0 Å². The van der Waals surface area contributed by atoms with Gasteiger partial charge >= 0.3 is 0 Å². The molecule has 0 aromatic heterocycles. The number of hydrogen-bond donors (Lipinski definition) is 1. The van der Waals surface area contributed by atoms with Gasteiger partial charge in [0, 0.05) is 12.1 Å². The Labute approximate surface area is 96.0 Å². The highest BCUT2D eigenvalue weighted by atomic mass is 14.9. The molecule has 90 valence electrons. The molecular weight excluding hydrogens is 182 g/mol. The SMILES string of the molecule is CCCCC(C)N[C@@H](C)C1CCCCC1. The standard InChI is InChI=1S/C14H29N/c1-4-5-9-12(2)15-13(3)14-10-7-6-8-11-14/h12-15H,4-11H2,1-3H3/t12?,13-/m0/s1. The first kappa shape index (κ1) is 13.0. The quantitative estimate of drug-likeness (QED) is 0.697. The van der Waals surface area contributed by atoms with Gasteiger partial charge in [0.25, 0.3) is 0 Å². The molecule has 0 saturated heterocycles. The monoisotopic (exact) mass is 211 g/mol. The van der Waals surface area contributed by atoms with E-state index in [4.69, 9.17) is 0 Å². The first-order valence-corrected chi connectivity index (χ1v) is 7.00.